The third-order valence-electron chi connectivity index (χ3n) is 4.02. The van der Waals surface area contributed by atoms with E-state index in [1.807, 2.05) is 24.4 Å². The lowest BCUT2D eigenvalue weighted by atomic mass is 10.0. The largest absolute Gasteiger partial charge is 0.349 e. The smallest absolute Gasteiger partial charge is 0.157 e. The van der Waals surface area contributed by atoms with Gasteiger partial charge in [0.2, 0.25) is 0 Å². The second kappa shape index (κ2) is 4.84. The van der Waals surface area contributed by atoms with Crippen molar-refractivity contribution in [3.63, 3.8) is 0 Å². The molecule has 3 heterocycles. The first-order valence-electron chi connectivity index (χ1n) is 7.14. The minimum absolute atomic E-state index is 0.182. The maximum absolute atomic E-state index is 13.5. The molecule has 0 spiro atoms. The molecule has 0 saturated carbocycles. The Hall–Kier alpha value is -2.43. The molecule has 4 nitrogen and oxygen atoms in total. The van der Waals surface area contributed by atoms with Gasteiger partial charge in [-0.1, -0.05) is 12.1 Å². The monoisotopic (exact) mass is 282 g/mol. The first-order valence-corrected chi connectivity index (χ1v) is 7.14. The van der Waals surface area contributed by atoms with Crippen LogP contribution in [0.4, 0.5) is 10.2 Å². The van der Waals surface area contributed by atoms with Gasteiger partial charge in [-0.15, -0.1) is 0 Å². The average molecular weight is 282 g/mol. The third kappa shape index (κ3) is 2.14. The molecule has 5 heteroatoms. The molecule has 106 valence electrons. The summed E-state index contributed by atoms with van der Waals surface area (Å²) in [5.41, 5.74) is 1.85. The van der Waals surface area contributed by atoms with E-state index in [1.54, 1.807) is 22.8 Å². The van der Waals surface area contributed by atoms with Gasteiger partial charge >= 0.3 is 0 Å². The first-order chi connectivity index (χ1) is 10.3. The van der Waals surface area contributed by atoms with Crippen molar-refractivity contribution in [2.45, 2.75) is 18.9 Å². The van der Waals surface area contributed by atoms with Crippen LogP contribution in [0.2, 0.25) is 0 Å². The molecule has 0 amide bonds. The Morgan fingerprint density at radius 1 is 1.19 bits per heavy atom. The zero-order valence-electron chi connectivity index (χ0n) is 11.5. The average Bonchev–Trinajstić information content (AvgIpc) is 3.15. The van der Waals surface area contributed by atoms with Gasteiger partial charge in [-0.05, 0) is 36.6 Å². The highest BCUT2D eigenvalue weighted by atomic mass is 19.1. The summed E-state index contributed by atoms with van der Waals surface area (Å²) in [6.07, 6.45) is 5.77. The van der Waals surface area contributed by atoms with Crippen molar-refractivity contribution in [3.8, 4) is 0 Å². The summed E-state index contributed by atoms with van der Waals surface area (Å²) in [5.74, 6) is 0.744. The molecule has 4 rings (SSSR count). The van der Waals surface area contributed by atoms with Gasteiger partial charge < -0.3 is 4.90 Å². The van der Waals surface area contributed by atoms with Gasteiger partial charge in [0.05, 0.1) is 12.2 Å². The van der Waals surface area contributed by atoms with Crippen molar-refractivity contribution in [1.29, 1.82) is 0 Å². The fourth-order valence-corrected chi connectivity index (χ4v) is 3.06. The fraction of sp³-hybridized carbons (Fsp3) is 0.250. The minimum Gasteiger partial charge on any atom is -0.349 e. The highest BCUT2D eigenvalue weighted by Gasteiger charge is 2.27. The number of rotatable bonds is 2. The zero-order chi connectivity index (χ0) is 14.2. The van der Waals surface area contributed by atoms with Crippen LogP contribution in [0.3, 0.4) is 0 Å². The number of hydrogen-bond donors (Lipinski definition) is 0. The summed E-state index contributed by atoms with van der Waals surface area (Å²) in [4.78, 5) is 6.90. The van der Waals surface area contributed by atoms with Gasteiger partial charge in [-0.3, -0.25) is 0 Å². The quantitative estimate of drug-likeness (QED) is 0.723. The number of nitrogens with zero attached hydrogens (tertiary/aromatic N) is 4. The van der Waals surface area contributed by atoms with E-state index < -0.39 is 0 Å². The lowest BCUT2D eigenvalue weighted by Crippen LogP contribution is -2.23. The van der Waals surface area contributed by atoms with Gasteiger partial charge in [-0.25, -0.2) is 13.9 Å². The van der Waals surface area contributed by atoms with Crippen LogP contribution >= 0.6 is 0 Å². The van der Waals surface area contributed by atoms with E-state index >= 15 is 0 Å². The number of aromatic nitrogens is 3. The number of benzene rings is 1. The van der Waals surface area contributed by atoms with Crippen LogP contribution < -0.4 is 4.90 Å². The van der Waals surface area contributed by atoms with E-state index in [-0.39, 0.29) is 11.9 Å². The van der Waals surface area contributed by atoms with Crippen LogP contribution in [-0.2, 0) is 0 Å². The van der Waals surface area contributed by atoms with Crippen LogP contribution in [0.25, 0.3) is 5.65 Å². The maximum atomic E-state index is 13.5. The van der Waals surface area contributed by atoms with E-state index in [2.05, 4.69) is 15.0 Å². The lowest BCUT2D eigenvalue weighted by Gasteiger charge is -2.26. The second-order valence-corrected chi connectivity index (χ2v) is 5.33. The van der Waals surface area contributed by atoms with E-state index in [1.165, 1.54) is 6.07 Å². The molecule has 1 aliphatic rings. The minimum atomic E-state index is -0.182. The van der Waals surface area contributed by atoms with Crippen LogP contribution in [-0.4, -0.2) is 21.1 Å². The molecule has 21 heavy (non-hydrogen) atoms. The molecule has 1 atom stereocenters. The molecule has 1 aromatic carbocycles. The summed E-state index contributed by atoms with van der Waals surface area (Å²) in [6, 6.07) is 10.9. The van der Waals surface area contributed by atoms with Crippen molar-refractivity contribution in [3.05, 3.63) is 60.2 Å². The Balaban J connectivity index is 1.72. The van der Waals surface area contributed by atoms with E-state index in [0.29, 0.717) is 0 Å². The van der Waals surface area contributed by atoms with Gasteiger partial charge in [0.1, 0.15) is 11.6 Å². The maximum Gasteiger partial charge on any atom is 0.157 e. The highest BCUT2D eigenvalue weighted by molar-refractivity contribution is 5.50. The first kappa shape index (κ1) is 12.3. The summed E-state index contributed by atoms with van der Waals surface area (Å²) in [6.45, 7) is 0.943. The highest BCUT2D eigenvalue weighted by Crippen LogP contribution is 2.35. The Morgan fingerprint density at radius 2 is 2.14 bits per heavy atom. The normalized spacial score (nSPS) is 18.5. The van der Waals surface area contributed by atoms with E-state index in [4.69, 9.17) is 0 Å². The summed E-state index contributed by atoms with van der Waals surface area (Å²) < 4.78 is 15.2. The molecule has 2 aromatic heterocycles. The predicted molar refractivity (Wildman–Crippen MR) is 78.7 cm³/mol. The number of fused-ring (bicyclic) bond motifs is 1. The van der Waals surface area contributed by atoms with Gasteiger partial charge in [-0.2, -0.15) is 5.10 Å². The Morgan fingerprint density at radius 3 is 3.05 bits per heavy atom. The standard InChI is InChI=1S/C16H15FN4/c17-13-4-1-3-12(11-13)14-5-2-9-20(14)15-7-10-21-16(19-15)6-8-18-21/h1,3-4,6-8,10-11,14H,2,5,9H2. The fourth-order valence-electron chi connectivity index (χ4n) is 3.06. The lowest BCUT2D eigenvalue weighted by molar-refractivity contribution is 0.618. The number of hydrogen-bond acceptors (Lipinski definition) is 3. The molecule has 1 unspecified atom stereocenters. The molecule has 0 aliphatic carbocycles. The van der Waals surface area contributed by atoms with Crippen molar-refractivity contribution in [1.82, 2.24) is 14.6 Å². The van der Waals surface area contributed by atoms with Crippen LogP contribution in [0.1, 0.15) is 24.4 Å². The summed E-state index contributed by atoms with van der Waals surface area (Å²) in [7, 11) is 0. The van der Waals surface area contributed by atoms with E-state index in [9.17, 15) is 4.39 Å². The molecule has 0 bridgehead atoms. The molecule has 0 N–H and O–H groups in total. The van der Waals surface area contributed by atoms with Crippen LogP contribution in [0, 0.1) is 5.82 Å². The molecule has 3 aromatic rings. The van der Waals surface area contributed by atoms with Gasteiger partial charge in [0.25, 0.3) is 0 Å². The van der Waals surface area contributed by atoms with Crippen molar-refractivity contribution in [2.24, 2.45) is 0 Å². The summed E-state index contributed by atoms with van der Waals surface area (Å²) in [5, 5.41) is 4.16. The Labute approximate surface area is 121 Å². The molecular weight excluding hydrogens is 267 g/mol. The molecule has 1 saturated heterocycles. The topological polar surface area (TPSA) is 33.4 Å². The predicted octanol–water partition coefficient (Wildman–Crippen LogP) is 3.21. The van der Waals surface area contributed by atoms with Gasteiger partial charge in [0.15, 0.2) is 5.65 Å². The molecule has 0 radical (unpaired) electrons. The Kier molecular flexibility index (Phi) is 2.84. The molecule has 1 fully saturated rings. The van der Waals surface area contributed by atoms with Crippen molar-refractivity contribution < 1.29 is 4.39 Å². The second-order valence-electron chi connectivity index (χ2n) is 5.33. The van der Waals surface area contributed by atoms with E-state index in [0.717, 1.165) is 36.4 Å². The van der Waals surface area contributed by atoms with Gasteiger partial charge in [0, 0.05) is 18.8 Å². The Bertz CT molecular complexity index is 783. The van der Waals surface area contributed by atoms with Crippen LogP contribution in [0.15, 0.2) is 48.8 Å². The number of halogens is 1. The summed E-state index contributed by atoms with van der Waals surface area (Å²) >= 11 is 0. The third-order valence-corrected chi connectivity index (χ3v) is 4.02. The van der Waals surface area contributed by atoms with Crippen molar-refractivity contribution >= 4 is 11.5 Å². The number of anilines is 1. The molecule has 1 aliphatic heterocycles. The van der Waals surface area contributed by atoms with Crippen molar-refractivity contribution in [2.75, 3.05) is 11.4 Å². The molecular formula is C16H15FN4. The SMILES string of the molecule is Fc1cccc(C2CCCN2c2ccn3nccc3n2)c1. The van der Waals surface area contributed by atoms with Crippen LogP contribution in [0.5, 0.6) is 0 Å². The zero-order valence-corrected chi connectivity index (χ0v) is 11.5.